The molecule has 0 aromatic heterocycles. The maximum Gasteiger partial charge on any atom is 0.325 e. The molecule has 1 aromatic rings. The highest BCUT2D eigenvalue weighted by molar-refractivity contribution is 5.94. The number of rotatable bonds is 5. The molecule has 0 spiro atoms. The van der Waals surface area contributed by atoms with Crippen LogP contribution in [0.2, 0.25) is 0 Å². The highest BCUT2D eigenvalue weighted by Gasteiger charge is 2.29. The fourth-order valence-electron chi connectivity index (χ4n) is 2.12. The molecule has 8 heteroatoms. The molecule has 8 nitrogen and oxygen atoms in total. The molecule has 1 atom stereocenters. The topological polar surface area (TPSA) is 125 Å². The summed E-state index contributed by atoms with van der Waals surface area (Å²) in [6.45, 7) is 5.69. The van der Waals surface area contributed by atoms with E-state index in [1.807, 2.05) is 20.8 Å². The monoisotopic (exact) mass is 333 g/mol. The minimum Gasteiger partial charge on any atom is -0.480 e. The Hall–Kier alpha value is -2.95. The highest BCUT2D eigenvalue weighted by Crippen LogP contribution is 2.31. The average Bonchev–Trinajstić information content (AvgIpc) is 2.45. The molecule has 1 rings (SSSR count). The molecule has 0 fully saturated rings. The van der Waals surface area contributed by atoms with Crippen molar-refractivity contribution in [3.05, 3.63) is 33.9 Å². The number of carboxylic acids is 1. The van der Waals surface area contributed by atoms with Gasteiger partial charge in [0.25, 0.3) is 5.69 Å². The van der Waals surface area contributed by atoms with Crippen LogP contribution in [0.15, 0.2) is 18.2 Å². The first-order valence-corrected chi connectivity index (χ1v) is 7.15. The largest absolute Gasteiger partial charge is 0.480 e. The fraction of sp³-hybridized carbons (Fsp3) is 0.438. The molecular formula is C16H19N3O5. The van der Waals surface area contributed by atoms with Crippen LogP contribution in [0.3, 0.4) is 0 Å². The van der Waals surface area contributed by atoms with Gasteiger partial charge in [-0.1, -0.05) is 20.8 Å². The summed E-state index contributed by atoms with van der Waals surface area (Å²) >= 11 is 0. The van der Waals surface area contributed by atoms with Crippen molar-refractivity contribution in [2.75, 3.05) is 11.9 Å². The zero-order valence-corrected chi connectivity index (χ0v) is 13.9. The molecule has 0 heterocycles. The van der Waals surface area contributed by atoms with Crippen molar-refractivity contribution >= 4 is 23.3 Å². The first kappa shape index (κ1) is 19.1. The molecule has 0 radical (unpaired) electrons. The number of nitro benzene ring substituents is 1. The summed E-state index contributed by atoms with van der Waals surface area (Å²) in [5.41, 5.74) is -0.694. The molecule has 0 aliphatic carbocycles. The van der Waals surface area contributed by atoms with E-state index in [9.17, 15) is 19.7 Å². The van der Waals surface area contributed by atoms with E-state index >= 15 is 0 Å². The van der Waals surface area contributed by atoms with Crippen molar-refractivity contribution in [1.82, 2.24) is 0 Å². The Balaban J connectivity index is 3.28. The summed E-state index contributed by atoms with van der Waals surface area (Å²) in [7, 11) is 1.49. The van der Waals surface area contributed by atoms with Crippen LogP contribution in [0.25, 0.3) is 0 Å². The average molecular weight is 333 g/mol. The van der Waals surface area contributed by atoms with E-state index in [0.717, 1.165) is 6.07 Å². The standard InChI is InChI=1S/C16H19N3O5/c1-16(2,3)8-14(20)18(4)10-5-6-11(12(9-17)15(21)22)13(7-10)19(23)24/h5-7,12H,8H2,1-4H3,(H,21,22). The van der Waals surface area contributed by atoms with Gasteiger partial charge in [-0.3, -0.25) is 19.7 Å². The second-order valence-electron chi connectivity index (χ2n) is 6.59. The number of aliphatic carboxylic acids is 1. The molecule has 24 heavy (non-hydrogen) atoms. The molecule has 0 saturated carbocycles. The number of hydrogen-bond donors (Lipinski definition) is 1. The van der Waals surface area contributed by atoms with Crippen LogP contribution in [-0.4, -0.2) is 29.0 Å². The van der Waals surface area contributed by atoms with E-state index in [4.69, 9.17) is 10.4 Å². The predicted molar refractivity (Wildman–Crippen MR) is 86.6 cm³/mol. The lowest BCUT2D eigenvalue weighted by Crippen LogP contribution is -2.30. The van der Waals surface area contributed by atoms with Gasteiger partial charge in [-0.25, -0.2) is 0 Å². The zero-order chi connectivity index (χ0) is 18.7. The van der Waals surface area contributed by atoms with E-state index in [1.165, 1.54) is 30.1 Å². The third-order valence-corrected chi connectivity index (χ3v) is 3.34. The van der Waals surface area contributed by atoms with Gasteiger partial charge in [0.2, 0.25) is 5.91 Å². The number of carbonyl (C=O) groups excluding carboxylic acids is 1. The SMILES string of the molecule is CN(C(=O)CC(C)(C)C)c1ccc(C(C#N)C(=O)O)c([N+](=O)[O-])c1. The molecule has 0 saturated heterocycles. The molecule has 0 aliphatic heterocycles. The Bertz CT molecular complexity index is 715. The van der Waals surface area contributed by atoms with Gasteiger partial charge < -0.3 is 10.0 Å². The number of carbonyl (C=O) groups is 2. The van der Waals surface area contributed by atoms with Crippen LogP contribution >= 0.6 is 0 Å². The maximum atomic E-state index is 12.2. The van der Waals surface area contributed by atoms with Gasteiger partial charge in [0.15, 0.2) is 5.92 Å². The quantitative estimate of drug-likeness (QED) is 0.652. The number of nitriles is 1. The van der Waals surface area contributed by atoms with Gasteiger partial charge in [-0.15, -0.1) is 0 Å². The van der Waals surface area contributed by atoms with E-state index < -0.39 is 22.5 Å². The van der Waals surface area contributed by atoms with E-state index in [0.29, 0.717) is 0 Å². The molecular weight excluding hydrogens is 314 g/mol. The van der Waals surface area contributed by atoms with Gasteiger partial charge in [-0.2, -0.15) is 5.26 Å². The van der Waals surface area contributed by atoms with Crippen LogP contribution in [0, 0.1) is 26.9 Å². The third-order valence-electron chi connectivity index (χ3n) is 3.34. The number of amides is 1. The van der Waals surface area contributed by atoms with Crippen LogP contribution < -0.4 is 4.90 Å². The Morgan fingerprint density at radius 3 is 2.42 bits per heavy atom. The van der Waals surface area contributed by atoms with E-state index in [-0.39, 0.29) is 29.0 Å². The molecule has 1 unspecified atom stereocenters. The van der Waals surface area contributed by atoms with Crippen LogP contribution in [0.1, 0.15) is 38.7 Å². The normalized spacial score (nSPS) is 12.1. The van der Waals surface area contributed by atoms with Crippen LogP contribution in [0.4, 0.5) is 11.4 Å². The van der Waals surface area contributed by atoms with Gasteiger partial charge in [-0.05, 0) is 17.5 Å². The maximum absolute atomic E-state index is 12.2. The summed E-state index contributed by atoms with van der Waals surface area (Å²) in [5, 5.41) is 29.2. The summed E-state index contributed by atoms with van der Waals surface area (Å²) in [4.78, 5) is 35.1. The van der Waals surface area contributed by atoms with Crippen molar-refractivity contribution in [3.8, 4) is 6.07 Å². The first-order valence-electron chi connectivity index (χ1n) is 7.15. The minimum absolute atomic E-state index is 0.213. The number of nitrogens with zero attached hydrogens (tertiary/aromatic N) is 3. The summed E-state index contributed by atoms with van der Waals surface area (Å²) in [6.07, 6.45) is 0.245. The zero-order valence-electron chi connectivity index (χ0n) is 13.9. The van der Waals surface area contributed by atoms with Crippen molar-refractivity contribution in [2.45, 2.75) is 33.1 Å². The predicted octanol–water partition coefficient (Wildman–Crippen LogP) is 2.69. The van der Waals surface area contributed by atoms with Crippen LogP contribution in [0.5, 0.6) is 0 Å². The second-order valence-corrected chi connectivity index (χ2v) is 6.59. The van der Waals surface area contributed by atoms with Gasteiger partial charge in [0.1, 0.15) is 0 Å². The highest BCUT2D eigenvalue weighted by atomic mass is 16.6. The van der Waals surface area contributed by atoms with Crippen molar-refractivity contribution < 1.29 is 19.6 Å². The number of hydrogen-bond acceptors (Lipinski definition) is 5. The lowest BCUT2D eigenvalue weighted by atomic mass is 9.91. The number of benzene rings is 1. The minimum atomic E-state index is -1.64. The van der Waals surface area contributed by atoms with Crippen LogP contribution in [-0.2, 0) is 9.59 Å². The molecule has 1 N–H and O–H groups in total. The lowest BCUT2D eigenvalue weighted by Gasteiger charge is -2.23. The lowest BCUT2D eigenvalue weighted by molar-refractivity contribution is -0.385. The molecule has 1 aromatic carbocycles. The van der Waals surface area contributed by atoms with E-state index in [1.54, 1.807) is 0 Å². The number of anilines is 1. The Morgan fingerprint density at radius 2 is 2.00 bits per heavy atom. The van der Waals surface area contributed by atoms with Gasteiger partial charge in [0, 0.05) is 19.5 Å². The molecule has 128 valence electrons. The fourth-order valence-corrected chi connectivity index (χ4v) is 2.12. The van der Waals surface area contributed by atoms with Gasteiger partial charge in [0.05, 0.1) is 22.2 Å². The Morgan fingerprint density at radius 1 is 1.42 bits per heavy atom. The Kier molecular flexibility index (Phi) is 5.64. The Labute approximate surface area is 139 Å². The van der Waals surface area contributed by atoms with Gasteiger partial charge >= 0.3 is 5.97 Å². The number of nitro groups is 1. The summed E-state index contributed by atoms with van der Waals surface area (Å²) in [6, 6.07) is 5.25. The first-order chi connectivity index (χ1) is 11.0. The molecule has 0 bridgehead atoms. The van der Waals surface area contributed by atoms with E-state index in [2.05, 4.69) is 0 Å². The number of carboxylic acid groups (broad SMARTS) is 1. The summed E-state index contributed by atoms with van der Waals surface area (Å²) in [5.74, 6) is -3.33. The van der Waals surface area contributed by atoms with Crippen molar-refractivity contribution in [1.29, 1.82) is 5.26 Å². The molecule has 0 aliphatic rings. The smallest absolute Gasteiger partial charge is 0.325 e. The second kappa shape index (κ2) is 7.08. The van der Waals surface area contributed by atoms with Crippen molar-refractivity contribution in [2.24, 2.45) is 5.41 Å². The summed E-state index contributed by atoms with van der Waals surface area (Å²) < 4.78 is 0. The van der Waals surface area contributed by atoms with Crippen molar-refractivity contribution in [3.63, 3.8) is 0 Å². The third kappa shape index (κ3) is 4.52. The molecule has 1 amide bonds.